The largest absolute Gasteiger partial charge is 0.497 e. The summed E-state index contributed by atoms with van der Waals surface area (Å²) in [5.74, 6) is 0.772. The predicted octanol–water partition coefficient (Wildman–Crippen LogP) is 18.6. The molecule has 7 aromatic rings. The Bertz CT molecular complexity index is 3560. The Morgan fingerprint density at radius 2 is 0.764 bits per heavy atom. The van der Waals surface area contributed by atoms with E-state index < -0.39 is 81.8 Å². The number of benzene rings is 7. The fourth-order valence-electron chi connectivity index (χ4n) is 12.3. The maximum Gasteiger partial charge on any atom is 0.475 e. The van der Waals surface area contributed by atoms with Gasteiger partial charge in [-0.15, -0.1) is 0 Å². The minimum atomic E-state index is -5.08. The van der Waals surface area contributed by atoms with Crippen molar-refractivity contribution in [2.45, 2.75) is 211 Å². The number of allylic oxidation sites excluding steroid dienone is 2. The van der Waals surface area contributed by atoms with Crippen LogP contribution in [0, 0.1) is 0 Å². The van der Waals surface area contributed by atoms with Gasteiger partial charge in [-0.3, -0.25) is 23.2 Å². The first-order valence-corrected chi connectivity index (χ1v) is 40.2. The molecular weight excluding hydrogens is 1420 g/mol. The topological polar surface area (TPSA) is 228 Å². The number of phosphoric acid groups is 1. The highest BCUT2D eigenvalue weighted by Crippen LogP contribution is 2.54. The molecule has 1 amide bonds. The Labute approximate surface area is 650 Å². The van der Waals surface area contributed by atoms with Crippen molar-refractivity contribution < 1.29 is 94.1 Å². The van der Waals surface area contributed by atoms with Crippen LogP contribution in [0.2, 0.25) is 0 Å². The molecule has 22 heteroatoms. The van der Waals surface area contributed by atoms with E-state index in [-0.39, 0.29) is 72.7 Å². The SMILES string of the molecule is CCCCCCCC/C=C/CCCCCCCC(=O)O[C@@H](COC(=O)CCCCCNC(=O)OCc1ccccc1)COP(=O)(OCc1ccccc1)OC1[C@H](OCOCc2ccccc2)[C@H](OCc2ccc(OC)cc2)C(OCc2ccc(OC)cc2)[C@H](OCc2ccc(OC)cc2)[C@H]1OCOCc1ccccc1. The van der Waals surface area contributed by atoms with Gasteiger partial charge in [-0.1, -0.05) is 235 Å². The van der Waals surface area contributed by atoms with Gasteiger partial charge in [0.2, 0.25) is 0 Å². The third-order valence-electron chi connectivity index (χ3n) is 18.5. The van der Waals surface area contributed by atoms with Crippen molar-refractivity contribution in [1.82, 2.24) is 5.32 Å². The highest BCUT2D eigenvalue weighted by atomic mass is 31.2. The van der Waals surface area contributed by atoms with Crippen molar-refractivity contribution in [2.24, 2.45) is 0 Å². The van der Waals surface area contributed by atoms with Crippen LogP contribution in [0.4, 0.5) is 4.79 Å². The van der Waals surface area contributed by atoms with Crippen LogP contribution in [0.5, 0.6) is 17.2 Å². The van der Waals surface area contributed by atoms with Crippen molar-refractivity contribution in [3.05, 3.63) is 245 Å². The standard InChI is InChI=1S/C88H114NO20P/c1-5-6-7-8-9-10-11-12-13-14-15-16-17-18-32-44-81(91)108-79(65-99-80(90)43-33-23-34-57-89-88(92)103-63-71-39-28-21-29-40-71)66-107-110(93,106-64-72-41-30-22-31-42-72)109-87-85(104-67-97-58-69-35-24-19-25-36-69)83(101-61-74-47-53-77(95-3)54-48-74)82(100-60-73-45-51-76(94-2)52-46-73)84(102-62-75-49-55-78(96-4)56-50-75)86(87)105-68-98-59-70-37-26-20-27-38-70/h12-13,19-22,24-31,35-42,45-56,79,82-87H,5-11,14-18,23,32-34,43-44,57-68H2,1-4H3,(H,89,92)/b13-12+/t79-,82?,83-,84+,85+,86+,87?,110?/m0/s1. The molecule has 0 spiro atoms. The lowest BCUT2D eigenvalue weighted by Gasteiger charge is -2.49. The lowest BCUT2D eigenvalue weighted by Crippen LogP contribution is -2.67. The summed E-state index contributed by atoms with van der Waals surface area (Å²) in [6.07, 6.45) is 10.8. The molecule has 0 aromatic heterocycles. The molecule has 1 N–H and O–H groups in total. The number of rotatable bonds is 56. The van der Waals surface area contributed by atoms with E-state index in [9.17, 15) is 14.4 Å². The third kappa shape index (κ3) is 33.7. The summed E-state index contributed by atoms with van der Waals surface area (Å²) >= 11 is 0. The second-order valence-electron chi connectivity index (χ2n) is 27.0. The van der Waals surface area contributed by atoms with Crippen LogP contribution in [0.25, 0.3) is 0 Å². The summed E-state index contributed by atoms with van der Waals surface area (Å²) in [5.41, 5.74) is 5.50. The average molecular weight is 1540 g/mol. The van der Waals surface area contributed by atoms with Gasteiger partial charge in [-0.05, 0) is 120 Å². The molecule has 0 bridgehead atoms. The van der Waals surface area contributed by atoms with E-state index in [1.54, 1.807) is 33.5 Å². The zero-order valence-electron chi connectivity index (χ0n) is 64.5. The van der Waals surface area contributed by atoms with Gasteiger partial charge in [0.1, 0.15) is 80.7 Å². The van der Waals surface area contributed by atoms with Gasteiger partial charge in [0.05, 0.1) is 67.6 Å². The van der Waals surface area contributed by atoms with Crippen LogP contribution < -0.4 is 19.5 Å². The van der Waals surface area contributed by atoms with Gasteiger partial charge in [-0.2, -0.15) is 0 Å². The number of hydrogen-bond donors (Lipinski definition) is 1. The van der Waals surface area contributed by atoms with Gasteiger partial charge in [-0.25, -0.2) is 9.36 Å². The van der Waals surface area contributed by atoms with Gasteiger partial charge in [0.25, 0.3) is 0 Å². The lowest BCUT2D eigenvalue weighted by molar-refractivity contribution is -0.296. The molecule has 596 valence electrons. The van der Waals surface area contributed by atoms with Crippen molar-refractivity contribution in [3.63, 3.8) is 0 Å². The number of phosphoric ester groups is 1. The number of nitrogens with one attached hydrogen (secondary N) is 1. The number of hydrogen-bond acceptors (Lipinski definition) is 20. The van der Waals surface area contributed by atoms with Gasteiger partial charge >= 0.3 is 25.9 Å². The van der Waals surface area contributed by atoms with E-state index in [4.69, 9.17) is 75.2 Å². The number of alkyl carbamates (subject to hydrolysis) is 1. The minimum Gasteiger partial charge on any atom is -0.497 e. The molecule has 0 heterocycles. The second-order valence-corrected chi connectivity index (χ2v) is 28.7. The molecule has 1 fully saturated rings. The first-order valence-electron chi connectivity index (χ1n) is 38.8. The number of amides is 1. The summed E-state index contributed by atoms with van der Waals surface area (Å²) in [6, 6.07) is 59.9. The first kappa shape index (κ1) is 87.3. The van der Waals surface area contributed by atoms with E-state index in [2.05, 4.69) is 24.4 Å². The van der Waals surface area contributed by atoms with E-state index in [1.165, 1.54) is 38.5 Å². The molecule has 0 saturated heterocycles. The van der Waals surface area contributed by atoms with Crippen LogP contribution in [0.3, 0.4) is 0 Å². The molecule has 1 aliphatic carbocycles. The zero-order valence-corrected chi connectivity index (χ0v) is 65.4. The summed E-state index contributed by atoms with van der Waals surface area (Å²) in [5, 5.41) is 2.76. The summed E-state index contributed by atoms with van der Waals surface area (Å²) < 4.78 is 119. The van der Waals surface area contributed by atoms with Crippen molar-refractivity contribution in [3.8, 4) is 17.2 Å². The van der Waals surface area contributed by atoms with Gasteiger partial charge in [0.15, 0.2) is 6.10 Å². The Balaban J connectivity index is 1.10. The molecular formula is C88H114NO20P. The number of ether oxygens (including phenoxy) is 13. The molecule has 8 rings (SSSR count). The number of unbranched alkanes of at least 4 members (excludes halogenated alkanes) is 13. The van der Waals surface area contributed by atoms with Crippen LogP contribution in [-0.2, 0) is 121 Å². The van der Waals surface area contributed by atoms with Crippen LogP contribution in [0.1, 0.15) is 161 Å². The molecule has 1 saturated carbocycles. The zero-order chi connectivity index (χ0) is 77.3. The number of carbonyl (C=O) groups is 3. The maximum absolute atomic E-state index is 16.6. The highest BCUT2D eigenvalue weighted by Gasteiger charge is 2.57. The van der Waals surface area contributed by atoms with E-state index in [0.717, 1.165) is 71.9 Å². The minimum absolute atomic E-state index is 0.0134. The average Bonchev–Trinajstić information content (AvgIpc) is 0.756. The molecule has 8 atom stereocenters. The normalized spacial score (nSPS) is 17.1. The van der Waals surface area contributed by atoms with Crippen molar-refractivity contribution in [1.29, 1.82) is 0 Å². The van der Waals surface area contributed by atoms with E-state index in [0.29, 0.717) is 55.0 Å². The summed E-state index contributed by atoms with van der Waals surface area (Å²) in [4.78, 5) is 40.2. The lowest BCUT2D eigenvalue weighted by atomic mass is 9.83. The summed E-state index contributed by atoms with van der Waals surface area (Å²) in [6.45, 7) is 0.841. The third-order valence-corrected chi connectivity index (χ3v) is 19.9. The summed E-state index contributed by atoms with van der Waals surface area (Å²) in [7, 11) is -0.300. The predicted molar refractivity (Wildman–Crippen MR) is 420 cm³/mol. The number of carbonyl (C=O) groups excluding carboxylic acids is 3. The van der Waals surface area contributed by atoms with Crippen molar-refractivity contribution >= 4 is 25.9 Å². The van der Waals surface area contributed by atoms with Gasteiger partial charge in [0, 0.05) is 19.4 Å². The van der Waals surface area contributed by atoms with Gasteiger partial charge < -0.3 is 66.9 Å². The Kier molecular flexibility index (Phi) is 41.3. The molecule has 21 nitrogen and oxygen atoms in total. The molecule has 1 aliphatic rings. The van der Waals surface area contributed by atoms with E-state index >= 15 is 4.57 Å². The molecule has 3 unspecified atom stereocenters. The molecule has 0 aliphatic heterocycles. The van der Waals surface area contributed by atoms with E-state index in [1.807, 2.05) is 182 Å². The fourth-order valence-corrected chi connectivity index (χ4v) is 13.7. The van der Waals surface area contributed by atoms with Crippen LogP contribution in [-0.4, -0.2) is 115 Å². The highest BCUT2D eigenvalue weighted by molar-refractivity contribution is 7.48. The first-order chi connectivity index (χ1) is 54.0. The maximum atomic E-state index is 16.6. The molecule has 0 radical (unpaired) electrons. The smallest absolute Gasteiger partial charge is 0.475 e. The monoisotopic (exact) mass is 1540 g/mol. The quantitative estimate of drug-likeness (QED) is 0.00933. The van der Waals surface area contributed by atoms with Crippen molar-refractivity contribution in [2.75, 3.05) is 54.7 Å². The van der Waals surface area contributed by atoms with Crippen LogP contribution in [0.15, 0.2) is 206 Å². The molecule has 7 aromatic carbocycles. The second kappa shape index (κ2) is 52.0. The Hall–Kier alpha value is -8.28. The number of methoxy groups -OCH3 is 3. The Morgan fingerprint density at radius 1 is 0.382 bits per heavy atom. The number of esters is 2. The Morgan fingerprint density at radius 3 is 1.21 bits per heavy atom. The molecule has 110 heavy (non-hydrogen) atoms. The van der Waals surface area contributed by atoms with Crippen LogP contribution >= 0.6 is 7.82 Å². The fraction of sp³-hybridized carbons (Fsp3) is 0.466.